The van der Waals surface area contributed by atoms with Crippen molar-refractivity contribution in [2.75, 3.05) is 0 Å². The summed E-state index contributed by atoms with van der Waals surface area (Å²) in [6.07, 6.45) is 4.89. The van der Waals surface area contributed by atoms with Crippen LogP contribution in [0.1, 0.15) is 23.5 Å². The first-order chi connectivity index (χ1) is 6.27. The molecule has 0 aliphatic heterocycles. The molecule has 0 aliphatic carbocycles. The van der Waals surface area contributed by atoms with E-state index in [2.05, 4.69) is 44.3 Å². The molecule has 0 spiro atoms. The van der Waals surface area contributed by atoms with Crippen LogP contribution in [0.25, 0.3) is 0 Å². The summed E-state index contributed by atoms with van der Waals surface area (Å²) in [5.41, 5.74) is 2.63. The summed E-state index contributed by atoms with van der Waals surface area (Å²) in [5, 5.41) is 0. The van der Waals surface area contributed by atoms with Gasteiger partial charge in [-0.05, 0) is 18.9 Å². The first kappa shape index (κ1) is 9.79. The minimum absolute atomic E-state index is 0.414. The zero-order valence-electron chi connectivity index (χ0n) is 8.16. The van der Waals surface area contributed by atoms with E-state index in [0.29, 0.717) is 5.92 Å². The van der Waals surface area contributed by atoms with Gasteiger partial charge in [0, 0.05) is 5.92 Å². The Bertz CT molecular complexity index is 297. The van der Waals surface area contributed by atoms with Crippen LogP contribution in [-0.2, 0) is 0 Å². The van der Waals surface area contributed by atoms with E-state index in [0.717, 1.165) is 6.42 Å². The first-order valence-corrected chi connectivity index (χ1v) is 4.58. The molecule has 0 heterocycles. The van der Waals surface area contributed by atoms with Crippen LogP contribution in [0.2, 0.25) is 0 Å². The Morgan fingerprint density at radius 3 is 2.69 bits per heavy atom. The van der Waals surface area contributed by atoms with Crippen LogP contribution in [0.3, 0.4) is 0 Å². The van der Waals surface area contributed by atoms with Crippen LogP contribution in [0.4, 0.5) is 0 Å². The average Bonchev–Trinajstić information content (AvgIpc) is 2.14. The second-order valence-corrected chi connectivity index (χ2v) is 3.28. The molecule has 0 fully saturated rings. The van der Waals surface area contributed by atoms with Crippen LogP contribution >= 0.6 is 0 Å². The van der Waals surface area contributed by atoms with Crippen molar-refractivity contribution in [1.82, 2.24) is 0 Å². The molecule has 0 bridgehead atoms. The number of rotatable bonds is 4. The zero-order valence-corrected chi connectivity index (χ0v) is 8.16. The molecule has 1 atom stereocenters. The van der Waals surface area contributed by atoms with Gasteiger partial charge >= 0.3 is 0 Å². The molecule has 0 unspecified atom stereocenters. The number of allylic oxidation sites excluding steroid dienone is 2. The monoisotopic (exact) mass is 172 g/mol. The summed E-state index contributed by atoms with van der Waals surface area (Å²) in [5.74, 6) is 0.414. The van der Waals surface area contributed by atoms with Gasteiger partial charge in [0.05, 0.1) is 0 Å². The third kappa shape index (κ3) is 2.59. The fourth-order valence-corrected chi connectivity index (χ4v) is 1.45. The quantitative estimate of drug-likeness (QED) is 0.605. The second kappa shape index (κ2) is 4.66. The highest BCUT2D eigenvalue weighted by molar-refractivity contribution is 5.28. The maximum Gasteiger partial charge on any atom is 0.00498 e. The molecule has 0 radical (unpaired) electrons. The highest BCUT2D eigenvalue weighted by Gasteiger charge is 2.04. The van der Waals surface area contributed by atoms with E-state index >= 15 is 0 Å². The molecular weight excluding hydrogens is 156 g/mol. The Labute approximate surface area is 80.6 Å². The lowest BCUT2D eigenvalue weighted by Crippen LogP contribution is -1.93. The first-order valence-electron chi connectivity index (χ1n) is 4.58. The van der Waals surface area contributed by atoms with Gasteiger partial charge in [0.2, 0.25) is 0 Å². The van der Waals surface area contributed by atoms with Gasteiger partial charge in [-0.1, -0.05) is 42.0 Å². The predicted octanol–water partition coefficient (Wildman–Crippen LogP) is 3.84. The van der Waals surface area contributed by atoms with Crippen molar-refractivity contribution >= 4 is 0 Å². The molecule has 0 aromatic heterocycles. The molecular formula is C13H16. The maximum absolute atomic E-state index is 3.84. The summed E-state index contributed by atoms with van der Waals surface area (Å²) < 4.78 is 0. The molecule has 13 heavy (non-hydrogen) atoms. The van der Waals surface area contributed by atoms with E-state index in [1.54, 1.807) is 0 Å². The van der Waals surface area contributed by atoms with Crippen molar-refractivity contribution in [3.63, 3.8) is 0 Å². The van der Waals surface area contributed by atoms with Crippen LogP contribution in [0.15, 0.2) is 49.6 Å². The van der Waals surface area contributed by atoms with E-state index in [1.165, 1.54) is 11.1 Å². The van der Waals surface area contributed by atoms with Crippen molar-refractivity contribution in [2.24, 2.45) is 0 Å². The second-order valence-electron chi connectivity index (χ2n) is 3.28. The Hall–Kier alpha value is -1.30. The largest absolute Gasteiger partial charge is 0.103 e. The van der Waals surface area contributed by atoms with Crippen molar-refractivity contribution < 1.29 is 0 Å². The van der Waals surface area contributed by atoms with E-state index in [-0.39, 0.29) is 0 Å². The van der Waals surface area contributed by atoms with Crippen molar-refractivity contribution in [2.45, 2.75) is 19.3 Å². The SMILES string of the molecule is C=CC[C@H](C=C)c1cccc(C)c1. The van der Waals surface area contributed by atoms with Crippen LogP contribution in [-0.4, -0.2) is 0 Å². The molecule has 0 saturated heterocycles. The fraction of sp³-hybridized carbons (Fsp3) is 0.231. The summed E-state index contributed by atoms with van der Waals surface area (Å²) in [6, 6.07) is 8.54. The van der Waals surface area contributed by atoms with Crippen LogP contribution in [0.5, 0.6) is 0 Å². The molecule has 0 saturated carbocycles. The van der Waals surface area contributed by atoms with Crippen LogP contribution < -0.4 is 0 Å². The van der Waals surface area contributed by atoms with Crippen molar-refractivity contribution in [3.8, 4) is 0 Å². The molecule has 1 aromatic carbocycles. The lowest BCUT2D eigenvalue weighted by molar-refractivity contribution is 0.866. The van der Waals surface area contributed by atoms with Gasteiger partial charge in [-0.3, -0.25) is 0 Å². The van der Waals surface area contributed by atoms with E-state index in [4.69, 9.17) is 0 Å². The summed E-state index contributed by atoms with van der Waals surface area (Å²) in [7, 11) is 0. The van der Waals surface area contributed by atoms with E-state index < -0.39 is 0 Å². The zero-order chi connectivity index (χ0) is 9.68. The number of hydrogen-bond donors (Lipinski definition) is 0. The van der Waals surface area contributed by atoms with Gasteiger partial charge in [-0.2, -0.15) is 0 Å². The molecule has 1 aromatic rings. The fourth-order valence-electron chi connectivity index (χ4n) is 1.45. The standard InChI is InChI=1S/C13H16/c1-4-7-12(5-2)13-9-6-8-11(3)10-13/h4-6,8-10,12H,1-2,7H2,3H3/t12-/m0/s1. The molecule has 0 heteroatoms. The van der Waals surface area contributed by atoms with E-state index in [9.17, 15) is 0 Å². The van der Waals surface area contributed by atoms with Gasteiger partial charge in [-0.25, -0.2) is 0 Å². The normalized spacial score (nSPS) is 12.1. The number of hydrogen-bond acceptors (Lipinski definition) is 0. The van der Waals surface area contributed by atoms with Crippen molar-refractivity contribution in [3.05, 3.63) is 60.7 Å². The molecule has 0 aliphatic rings. The minimum Gasteiger partial charge on any atom is -0.103 e. The molecule has 0 N–H and O–H groups in total. The highest BCUT2D eigenvalue weighted by Crippen LogP contribution is 2.21. The molecule has 0 nitrogen and oxygen atoms in total. The summed E-state index contributed by atoms with van der Waals surface area (Å²) >= 11 is 0. The Morgan fingerprint density at radius 1 is 1.38 bits per heavy atom. The predicted molar refractivity (Wildman–Crippen MR) is 58.9 cm³/mol. The van der Waals surface area contributed by atoms with Crippen LogP contribution in [0, 0.1) is 6.92 Å². The Kier molecular flexibility index (Phi) is 3.51. The maximum atomic E-state index is 3.84. The molecule has 68 valence electrons. The lowest BCUT2D eigenvalue weighted by Gasteiger charge is -2.10. The Morgan fingerprint density at radius 2 is 2.15 bits per heavy atom. The van der Waals surface area contributed by atoms with Gasteiger partial charge in [0.1, 0.15) is 0 Å². The Balaban J connectivity index is 2.90. The highest BCUT2D eigenvalue weighted by atomic mass is 14.1. The van der Waals surface area contributed by atoms with Gasteiger partial charge < -0.3 is 0 Å². The van der Waals surface area contributed by atoms with Gasteiger partial charge in [0.25, 0.3) is 0 Å². The smallest absolute Gasteiger partial charge is 0.00498 e. The minimum atomic E-state index is 0.414. The molecule has 0 amide bonds. The van der Waals surface area contributed by atoms with E-state index in [1.807, 2.05) is 12.2 Å². The third-order valence-corrected chi connectivity index (χ3v) is 2.18. The molecule has 1 rings (SSSR count). The van der Waals surface area contributed by atoms with Crippen molar-refractivity contribution in [1.29, 1.82) is 0 Å². The number of aryl methyl sites for hydroxylation is 1. The summed E-state index contributed by atoms with van der Waals surface area (Å²) in [6.45, 7) is 9.70. The lowest BCUT2D eigenvalue weighted by atomic mass is 9.95. The number of benzene rings is 1. The topological polar surface area (TPSA) is 0 Å². The van der Waals surface area contributed by atoms with Gasteiger partial charge in [0.15, 0.2) is 0 Å². The summed E-state index contributed by atoms with van der Waals surface area (Å²) in [4.78, 5) is 0. The van der Waals surface area contributed by atoms with Gasteiger partial charge in [-0.15, -0.1) is 13.2 Å². The average molecular weight is 172 g/mol. The third-order valence-electron chi connectivity index (χ3n) is 2.18.